The normalized spacial score (nSPS) is 26.7. The molecular weight excluding hydrogens is 342 g/mol. The van der Waals surface area contributed by atoms with Crippen LogP contribution in [-0.4, -0.2) is 58.3 Å². The summed E-state index contributed by atoms with van der Waals surface area (Å²) in [4.78, 5) is 2.45. The lowest BCUT2D eigenvalue weighted by atomic mass is 10.1. The molecule has 2 aromatic rings. The molecule has 6 nitrogen and oxygen atoms in total. The average Bonchev–Trinajstić information content (AvgIpc) is 3.26. The van der Waals surface area contributed by atoms with Gasteiger partial charge in [0.15, 0.2) is 0 Å². The van der Waals surface area contributed by atoms with Crippen LogP contribution in [0, 0.1) is 11.6 Å². The number of nitrogens with zero attached hydrogens (tertiary/aromatic N) is 4. The Balaban J connectivity index is 1.43. The number of rotatable bonds is 2. The minimum absolute atomic E-state index is 0.0676. The minimum atomic E-state index is -0.634. The highest BCUT2D eigenvalue weighted by atomic mass is 19.1. The number of benzene rings is 1. The van der Waals surface area contributed by atoms with Crippen LogP contribution in [0.15, 0.2) is 18.2 Å². The Kier molecular flexibility index (Phi) is 3.99. The lowest BCUT2D eigenvalue weighted by Crippen LogP contribution is -2.38. The molecule has 1 aromatic carbocycles. The zero-order valence-electron chi connectivity index (χ0n) is 14.3. The van der Waals surface area contributed by atoms with E-state index in [2.05, 4.69) is 15.2 Å². The Labute approximate surface area is 149 Å². The molecule has 138 valence electrons. The third-order valence-corrected chi connectivity index (χ3v) is 5.70. The second kappa shape index (κ2) is 6.37. The Morgan fingerprint density at radius 3 is 2.77 bits per heavy atom. The summed E-state index contributed by atoms with van der Waals surface area (Å²) in [5.41, 5.74) is 1.45. The summed E-state index contributed by atoms with van der Waals surface area (Å²) in [6.07, 6.45) is 2.14. The molecule has 0 aliphatic carbocycles. The first kappa shape index (κ1) is 16.3. The molecule has 0 radical (unpaired) electrons. The van der Waals surface area contributed by atoms with Crippen molar-refractivity contribution in [3.05, 3.63) is 35.5 Å². The standard InChI is InChI=1S/C18H20F2N4O2/c19-11-1-2-13(14(20)7-11)18-16-10-26-17-9-23(12-3-5-25-6-4-12)8-15(17)24(16)22-21-18/h1-2,7,12,15,17H,3-6,8-10H2/t15-,17-/m0/s1. The number of ether oxygens (including phenoxy) is 2. The van der Waals surface area contributed by atoms with Crippen molar-refractivity contribution in [2.24, 2.45) is 0 Å². The van der Waals surface area contributed by atoms with Gasteiger partial charge in [-0.2, -0.15) is 0 Å². The van der Waals surface area contributed by atoms with Crippen LogP contribution in [0.25, 0.3) is 11.3 Å². The van der Waals surface area contributed by atoms with E-state index in [4.69, 9.17) is 9.47 Å². The quantitative estimate of drug-likeness (QED) is 0.820. The van der Waals surface area contributed by atoms with Gasteiger partial charge in [-0.05, 0) is 25.0 Å². The van der Waals surface area contributed by atoms with Crippen molar-refractivity contribution < 1.29 is 18.3 Å². The maximum atomic E-state index is 14.2. The first-order valence-corrected chi connectivity index (χ1v) is 9.03. The van der Waals surface area contributed by atoms with Gasteiger partial charge in [0.2, 0.25) is 0 Å². The average molecular weight is 362 g/mol. The molecule has 0 saturated carbocycles. The van der Waals surface area contributed by atoms with E-state index in [1.54, 1.807) is 0 Å². The molecule has 0 spiro atoms. The van der Waals surface area contributed by atoms with Gasteiger partial charge in [0, 0.05) is 44.0 Å². The Bertz CT molecular complexity index is 822. The topological polar surface area (TPSA) is 52.4 Å². The predicted octanol–water partition coefficient (Wildman–Crippen LogP) is 2.16. The second-order valence-corrected chi connectivity index (χ2v) is 7.17. The van der Waals surface area contributed by atoms with Gasteiger partial charge in [-0.15, -0.1) is 5.10 Å². The molecule has 3 aliphatic rings. The number of fused-ring (bicyclic) bond motifs is 3. The van der Waals surface area contributed by atoms with Gasteiger partial charge in [-0.1, -0.05) is 5.21 Å². The molecule has 0 unspecified atom stereocenters. The molecule has 3 aliphatic heterocycles. The number of hydrogen-bond acceptors (Lipinski definition) is 5. The van der Waals surface area contributed by atoms with Crippen LogP contribution in [0.5, 0.6) is 0 Å². The van der Waals surface area contributed by atoms with Crippen molar-refractivity contribution in [3.8, 4) is 11.3 Å². The van der Waals surface area contributed by atoms with E-state index in [0.29, 0.717) is 18.3 Å². The van der Waals surface area contributed by atoms with Gasteiger partial charge >= 0.3 is 0 Å². The fourth-order valence-corrected chi connectivity index (χ4v) is 4.32. The first-order valence-electron chi connectivity index (χ1n) is 9.03. The zero-order chi connectivity index (χ0) is 17.7. The smallest absolute Gasteiger partial charge is 0.135 e. The summed E-state index contributed by atoms with van der Waals surface area (Å²) in [5, 5.41) is 8.48. The molecule has 1 aromatic heterocycles. The molecule has 0 bridgehead atoms. The highest BCUT2D eigenvalue weighted by Crippen LogP contribution is 2.36. The van der Waals surface area contributed by atoms with Gasteiger partial charge < -0.3 is 9.47 Å². The summed E-state index contributed by atoms with van der Waals surface area (Å²) < 4.78 is 40.8. The molecule has 2 saturated heterocycles. The Morgan fingerprint density at radius 2 is 1.96 bits per heavy atom. The summed E-state index contributed by atoms with van der Waals surface area (Å²) in [7, 11) is 0. The number of likely N-dealkylation sites (tertiary alicyclic amines) is 1. The molecule has 0 N–H and O–H groups in total. The van der Waals surface area contributed by atoms with Crippen molar-refractivity contribution in [2.45, 2.75) is 37.6 Å². The number of hydrogen-bond donors (Lipinski definition) is 0. The van der Waals surface area contributed by atoms with E-state index in [-0.39, 0.29) is 17.7 Å². The van der Waals surface area contributed by atoms with Gasteiger partial charge in [-0.25, -0.2) is 13.5 Å². The minimum Gasteiger partial charge on any atom is -0.381 e. The van der Waals surface area contributed by atoms with E-state index < -0.39 is 11.6 Å². The highest BCUT2D eigenvalue weighted by Gasteiger charge is 2.43. The number of halogens is 2. The monoisotopic (exact) mass is 362 g/mol. The molecule has 26 heavy (non-hydrogen) atoms. The van der Waals surface area contributed by atoms with Gasteiger partial charge in [-0.3, -0.25) is 4.90 Å². The highest BCUT2D eigenvalue weighted by molar-refractivity contribution is 5.62. The number of aromatic nitrogens is 3. The van der Waals surface area contributed by atoms with Crippen LogP contribution < -0.4 is 0 Å². The van der Waals surface area contributed by atoms with Gasteiger partial charge in [0.05, 0.1) is 24.4 Å². The van der Waals surface area contributed by atoms with Crippen LogP contribution in [0.1, 0.15) is 24.6 Å². The van der Waals surface area contributed by atoms with Crippen LogP contribution in [0.2, 0.25) is 0 Å². The molecule has 4 heterocycles. The van der Waals surface area contributed by atoms with Gasteiger partial charge in [0.1, 0.15) is 17.3 Å². The predicted molar refractivity (Wildman–Crippen MR) is 88.4 cm³/mol. The van der Waals surface area contributed by atoms with E-state index in [0.717, 1.165) is 50.9 Å². The van der Waals surface area contributed by atoms with Crippen LogP contribution in [0.3, 0.4) is 0 Å². The van der Waals surface area contributed by atoms with Gasteiger partial charge in [0.25, 0.3) is 0 Å². The van der Waals surface area contributed by atoms with E-state index >= 15 is 0 Å². The maximum absolute atomic E-state index is 14.2. The van der Waals surface area contributed by atoms with E-state index in [1.807, 2.05) is 4.68 Å². The lowest BCUT2D eigenvalue weighted by molar-refractivity contribution is -0.00870. The molecule has 0 amide bonds. The Hall–Kier alpha value is -1.90. The van der Waals surface area contributed by atoms with E-state index in [1.165, 1.54) is 12.1 Å². The zero-order valence-corrected chi connectivity index (χ0v) is 14.3. The summed E-state index contributed by atoms with van der Waals surface area (Å²) in [5.74, 6) is -1.24. The van der Waals surface area contributed by atoms with Crippen molar-refractivity contribution >= 4 is 0 Å². The summed E-state index contributed by atoms with van der Waals surface area (Å²) >= 11 is 0. The molecular formula is C18H20F2N4O2. The fraction of sp³-hybridized carbons (Fsp3) is 0.556. The van der Waals surface area contributed by atoms with Crippen LogP contribution in [0.4, 0.5) is 8.78 Å². The largest absolute Gasteiger partial charge is 0.381 e. The second-order valence-electron chi connectivity index (χ2n) is 7.17. The fourth-order valence-electron chi connectivity index (χ4n) is 4.32. The third kappa shape index (κ3) is 2.64. The van der Waals surface area contributed by atoms with Crippen molar-refractivity contribution in [1.82, 2.24) is 19.9 Å². The van der Waals surface area contributed by atoms with E-state index in [9.17, 15) is 8.78 Å². The Morgan fingerprint density at radius 1 is 1.12 bits per heavy atom. The summed E-state index contributed by atoms with van der Waals surface area (Å²) in [6.45, 7) is 3.66. The summed E-state index contributed by atoms with van der Waals surface area (Å²) in [6, 6.07) is 4.10. The lowest BCUT2D eigenvalue weighted by Gasteiger charge is -2.30. The molecule has 5 rings (SSSR count). The molecule has 8 heteroatoms. The molecule has 2 atom stereocenters. The van der Waals surface area contributed by atoms with Crippen molar-refractivity contribution in [2.75, 3.05) is 26.3 Å². The maximum Gasteiger partial charge on any atom is 0.135 e. The van der Waals surface area contributed by atoms with Crippen molar-refractivity contribution in [1.29, 1.82) is 0 Å². The SMILES string of the molecule is Fc1ccc(-c2nnn3c2CO[C@H]2CN(C4CCOCC4)C[C@@H]23)c(F)c1. The van der Waals surface area contributed by atoms with Crippen molar-refractivity contribution in [3.63, 3.8) is 0 Å². The first-order chi connectivity index (χ1) is 12.7. The molecule has 2 fully saturated rings. The third-order valence-electron chi connectivity index (χ3n) is 5.70. The van der Waals surface area contributed by atoms with Crippen LogP contribution >= 0.6 is 0 Å². The van der Waals surface area contributed by atoms with Crippen LogP contribution in [-0.2, 0) is 16.1 Å².